The zero-order chi connectivity index (χ0) is 15.0. The molecular formula is C16H10Cl3NO. The lowest BCUT2D eigenvalue weighted by atomic mass is 10.2. The van der Waals surface area contributed by atoms with Gasteiger partial charge in [0.15, 0.2) is 6.29 Å². The summed E-state index contributed by atoms with van der Waals surface area (Å²) in [5.41, 5.74) is 2.33. The monoisotopic (exact) mass is 337 g/mol. The molecule has 5 heteroatoms. The molecule has 0 aliphatic heterocycles. The highest BCUT2D eigenvalue weighted by atomic mass is 35.5. The molecule has 0 radical (unpaired) electrons. The maximum atomic E-state index is 11.2. The largest absolute Gasteiger partial charge is 0.342 e. The van der Waals surface area contributed by atoms with Crippen molar-refractivity contribution in [2.75, 3.05) is 0 Å². The predicted octanol–water partition coefficient (Wildman–Crippen LogP) is 5.46. The summed E-state index contributed by atoms with van der Waals surface area (Å²) in [5.74, 6) is 0. The smallest absolute Gasteiger partial charge is 0.152 e. The van der Waals surface area contributed by atoms with Gasteiger partial charge in [0.1, 0.15) is 0 Å². The van der Waals surface area contributed by atoms with Crippen LogP contribution in [0.5, 0.6) is 0 Å². The number of nitrogens with zero attached hydrogens (tertiary/aromatic N) is 1. The third kappa shape index (κ3) is 2.55. The van der Waals surface area contributed by atoms with Crippen LogP contribution in [0.4, 0.5) is 0 Å². The quantitative estimate of drug-likeness (QED) is 0.459. The summed E-state index contributed by atoms with van der Waals surface area (Å²) in [6, 6.07) is 11.1. The Hall–Kier alpha value is -1.48. The highest BCUT2D eigenvalue weighted by molar-refractivity contribution is 6.44. The number of aromatic nitrogens is 1. The lowest BCUT2D eigenvalue weighted by Gasteiger charge is -2.10. The van der Waals surface area contributed by atoms with Crippen molar-refractivity contribution >= 4 is 52.0 Å². The first kappa shape index (κ1) is 14.5. The second kappa shape index (κ2) is 5.72. The number of hydrogen-bond acceptors (Lipinski definition) is 1. The van der Waals surface area contributed by atoms with Gasteiger partial charge in [0.05, 0.1) is 16.6 Å². The Labute approximate surface area is 136 Å². The van der Waals surface area contributed by atoms with Gasteiger partial charge >= 0.3 is 0 Å². The number of fused-ring (bicyclic) bond motifs is 1. The van der Waals surface area contributed by atoms with Crippen LogP contribution >= 0.6 is 34.8 Å². The maximum absolute atomic E-state index is 11.2. The Balaban J connectivity index is 2.15. The van der Waals surface area contributed by atoms with Crippen LogP contribution in [-0.2, 0) is 6.54 Å². The Morgan fingerprint density at radius 3 is 2.48 bits per heavy atom. The van der Waals surface area contributed by atoms with Crippen molar-refractivity contribution in [1.29, 1.82) is 0 Å². The minimum atomic E-state index is 0.439. The van der Waals surface area contributed by atoms with Crippen molar-refractivity contribution in [3.05, 3.63) is 68.8 Å². The van der Waals surface area contributed by atoms with E-state index in [4.69, 9.17) is 34.8 Å². The van der Waals surface area contributed by atoms with Crippen molar-refractivity contribution < 1.29 is 4.79 Å². The number of benzene rings is 2. The summed E-state index contributed by atoms with van der Waals surface area (Å²) in [6.45, 7) is 0.451. The van der Waals surface area contributed by atoms with Crippen LogP contribution < -0.4 is 0 Å². The van der Waals surface area contributed by atoms with E-state index in [-0.39, 0.29) is 0 Å². The van der Waals surface area contributed by atoms with E-state index in [0.717, 1.165) is 22.8 Å². The van der Waals surface area contributed by atoms with Gasteiger partial charge in [-0.2, -0.15) is 0 Å². The van der Waals surface area contributed by atoms with E-state index in [1.165, 1.54) is 0 Å². The lowest BCUT2D eigenvalue weighted by molar-refractivity contribution is 0.112. The number of rotatable bonds is 3. The summed E-state index contributed by atoms with van der Waals surface area (Å²) in [5, 5.41) is 2.36. The van der Waals surface area contributed by atoms with E-state index in [1.54, 1.807) is 18.3 Å². The molecule has 0 unspecified atom stereocenters. The minimum Gasteiger partial charge on any atom is -0.342 e. The molecule has 3 rings (SSSR count). The van der Waals surface area contributed by atoms with Gasteiger partial charge in [-0.05, 0) is 18.2 Å². The van der Waals surface area contributed by atoms with Gasteiger partial charge in [-0.15, -0.1) is 0 Å². The van der Waals surface area contributed by atoms with Gasteiger partial charge in [-0.25, -0.2) is 0 Å². The van der Waals surface area contributed by atoms with Crippen LogP contribution in [0, 0.1) is 0 Å². The molecule has 2 nitrogen and oxygen atoms in total. The molecule has 0 saturated carbocycles. The Morgan fingerprint density at radius 1 is 1.00 bits per heavy atom. The molecule has 0 atom stereocenters. The van der Waals surface area contributed by atoms with Crippen LogP contribution in [0.25, 0.3) is 10.9 Å². The number of hydrogen-bond donors (Lipinski definition) is 0. The maximum Gasteiger partial charge on any atom is 0.152 e. The fraction of sp³-hybridized carbons (Fsp3) is 0.0625. The first-order chi connectivity index (χ1) is 10.1. The van der Waals surface area contributed by atoms with Gasteiger partial charge in [0, 0.05) is 33.2 Å². The minimum absolute atomic E-state index is 0.439. The first-order valence-corrected chi connectivity index (χ1v) is 7.40. The lowest BCUT2D eigenvalue weighted by Crippen LogP contribution is -2.00. The topological polar surface area (TPSA) is 22.0 Å². The molecule has 0 saturated heterocycles. The molecule has 2 aromatic carbocycles. The van der Waals surface area contributed by atoms with E-state index >= 15 is 0 Å². The molecule has 0 aliphatic carbocycles. The fourth-order valence-corrected chi connectivity index (χ4v) is 3.05. The predicted molar refractivity (Wildman–Crippen MR) is 87.9 cm³/mol. The fourth-order valence-electron chi connectivity index (χ4n) is 2.38. The van der Waals surface area contributed by atoms with E-state index in [2.05, 4.69) is 0 Å². The molecule has 21 heavy (non-hydrogen) atoms. The Morgan fingerprint density at radius 2 is 1.71 bits per heavy atom. The molecule has 0 aliphatic rings. The molecule has 106 valence electrons. The van der Waals surface area contributed by atoms with E-state index in [0.29, 0.717) is 27.2 Å². The second-order valence-electron chi connectivity index (χ2n) is 4.67. The molecule has 3 aromatic rings. The highest BCUT2D eigenvalue weighted by Crippen LogP contribution is 2.33. The number of aldehydes is 1. The van der Waals surface area contributed by atoms with Crippen LogP contribution in [0.1, 0.15) is 15.9 Å². The average Bonchev–Trinajstić information content (AvgIpc) is 2.86. The first-order valence-electron chi connectivity index (χ1n) is 6.27. The van der Waals surface area contributed by atoms with Crippen molar-refractivity contribution in [3.63, 3.8) is 0 Å². The van der Waals surface area contributed by atoms with Gasteiger partial charge < -0.3 is 4.57 Å². The SMILES string of the molecule is O=Cc1cn(Cc2c(Cl)ccc(Cl)c2Cl)c2ccccc12. The Kier molecular flexibility index (Phi) is 3.94. The van der Waals surface area contributed by atoms with Gasteiger partial charge in [-0.1, -0.05) is 53.0 Å². The standard InChI is InChI=1S/C16H10Cl3NO/c17-13-5-6-14(18)16(19)12(13)8-20-7-10(9-21)11-3-1-2-4-15(11)20/h1-7,9H,8H2. The third-order valence-corrected chi connectivity index (χ3v) is 4.61. The van der Waals surface area contributed by atoms with E-state index in [9.17, 15) is 4.79 Å². The van der Waals surface area contributed by atoms with Gasteiger partial charge in [0.2, 0.25) is 0 Å². The van der Waals surface area contributed by atoms with E-state index < -0.39 is 0 Å². The van der Waals surface area contributed by atoms with Gasteiger partial charge in [-0.3, -0.25) is 4.79 Å². The Bertz CT molecular complexity index is 839. The second-order valence-corrected chi connectivity index (χ2v) is 5.86. The average molecular weight is 339 g/mol. The summed E-state index contributed by atoms with van der Waals surface area (Å²) in [7, 11) is 0. The molecule has 1 heterocycles. The zero-order valence-corrected chi connectivity index (χ0v) is 13.1. The molecular weight excluding hydrogens is 329 g/mol. The number of para-hydroxylation sites is 1. The van der Waals surface area contributed by atoms with Crippen molar-refractivity contribution in [3.8, 4) is 0 Å². The van der Waals surface area contributed by atoms with Crippen LogP contribution in [0.3, 0.4) is 0 Å². The summed E-state index contributed by atoms with van der Waals surface area (Å²) < 4.78 is 1.95. The molecule has 0 fully saturated rings. The molecule has 0 spiro atoms. The highest BCUT2D eigenvalue weighted by Gasteiger charge is 2.13. The van der Waals surface area contributed by atoms with Crippen LogP contribution in [0.15, 0.2) is 42.6 Å². The zero-order valence-electron chi connectivity index (χ0n) is 10.8. The van der Waals surface area contributed by atoms with Crippen LogP contribution in [-0.4, -0.2) is 10.9 Å². The molecule has 0 bridgehead atoms. The number of carbonyl (C=O) groups excluding carboxylic acids is 1. The summed E-state index contributed by atoms with van der Waals surface area (Å²) in [6.07, 6.45) is 2.64. The normalized spacial score (nSPS) is 11.0. The molecule has 0 N–H and O–H groups in total. The van der Waals surface area contributed by atoms with Crippen molar-refractivity contribution in [2.45, 2.75) is 6.54 Å². The van der Waals surface area contributed by atoms with Crippen molar-refractivity contribution in [1.82, 2.24) is 4.57 Å². The summed E-state index contributed by atoms with van der Waals surface area (Å²) in [4.78, 5) is 11.2. The summed E-state index contributed by atoms with van der Waals surface area (Å²) >= 11 is 18.5. The molecule has 1 aromatic heterocycles. The number of halogens is 3. The van der Waals surface area contributed by atoms with Crippen LogP contribution in [0.2, 0.25) is 15.1 Å². The molecule has 0 amide bonds. The van der Waals surface area contributed by atoms with E-state index in [1.807, 2.05) is 28.8 Å². The number of carbonyl (C=O) groups is 1. The van der Waals surface area contributed by atoms with Gasteiger partial charge in [0.25, 0.3) is 0 Å². The third-order valence-electron chi connectivity index (χ3n) is 3.41. The van der Waals surface area contributed by atoms with Crippen molar-refractivity contribution in [2.24, 2.45) is 0 Å².